The molecule has 0 atom stereocenters. The van der Waals surface area contributed by atoms with Crippen LogP contribution in [0.3, 0.4) is 0 Å². The number of aryl methyl sites for hydroxylation is 1. The van der Waals surface area contributed by atoms with E-state index >= 15 is 0 Å². The van der Waals surface area contributed by atoms with Gasteiger partial charge in [0.25, 0.3) is 0 Å². The van der Waals surface area contributed by atoms with Crippen molar-refractivity contribution < 1.29 is 0 Å². The molecule has 1 aliphatic rings. The second-order valence-electron chi connectivity index (χ2n) is 5.12. The number of hydrogen-bond acceptors (Lipinski definition) is 3. The van der Waals surface area contributed by atoms with Gasteiger partial charge in [-0.25, -0.2) is 0 Å². The molecule has 0 radical (unpaired) electrons. The first kappa shape index (κ1) is 12.6. The van der Waals surface area contributed by atoms with E-state index in [1.54, 1.807) is 0 Å². The molecule has 100 valence electrons. The first-order valence-corrected chi connectivity index (χ1v) is 6.87. The van der Waals surface area contributed by atoms with E-state index in [9.17, 15) is 0 Å². The molecule has 1 aliphatic heterocycles. The molecule has 3 rings (SSSR count). The van der Waals surface area contributed by atoms with Crippen LogP contribution in [0.4, 0.5) is 11.4 Å². The fraction of sp³-hybridized carbons (Fsp3) is 0.235. The summed E-state index contributed by atoms with van der Waals surface area (Å²) in [6.45, 7) is 3.85. The number of nitrogens with zero attached hydrogens (tertiary/aromatic N) is 1. The molecule has 0 spiro atoms. The molecule has 0 saturated carbocycles. The van der Waals surface area contributed by atoms with E-state index in [4.69, 9.17) is 5.26 Å². The third-order valence-electron chi connectivity index (χ3n) is 3.77. The normalized spacial score (nSPS) is 12.4. The minimum absolute atomic E-state index is 0.689. The smallest absolute Gasteiger partial charge is 0.0992 e. The molecule has 20 heavy (non-hydrogen) atoms. The Labute approximate surface area is 119 Å². The summed E-state index contributed by atoms with van der Waals surface area (Å²) in [6.07, 6.45) is 1.10. The fourth-order valence-corrected chi connectivity index (χ4v) is 2.63. The van der Waals surface area contributed by atoms with Crippen LogP contribution in [-0.2, 0) is 13.0 Å². The molecular weight excluding hydrogens is 246 g/mol. The third-order valence-corrected chi connectivity index (χ3v) is 3.77. The molecule has 0 fully saturated rings. The summed E-state index contributed by atoms with van der Waals surface area (Å²) in [6, 6.07) is 14.4. The number of para-hydroxylation sites is 1. The van der Waals surface area contributed by atoms with Crippen molar-refractivity contribution in [1.82, 2.24) is 0 Å². The van der Waals surface area contributed by atoms with E-state index in [-0.39, 0.29) is 0 Å². The van der Waals surface area contributed by atoms with Crippen molar-refractivity contribution in [3.63, 3.8) is 0 Å². The maximum Gasteiger partial charge on any atom is 0.0992 e. The van der Waals surface area contributed by atoms with Crippen molar-refractivity contribution in [3.8, 4) is 6.07 Å². The van der Waals surface area contributed by atoms with E-state index in [0.29, 0.717) is 5.56 Å². The number of hydrogen-bond donors (Lipinski definition) is 2. The van der Waals surface area contributed by atoms with Crippen LogP contribution in [0.5, 0.6) is 0 Å². The summed E-state index contributed by atoms with van der Waals surface area (Å²) in [4.78, 5) is 0. The van der Waals surface area contributed by atoms with Crippen molar-refractivity contribution in [1.29, 1.82) is 5.26 Å². The molecule has 0 unspecified atom stereocenters. The van der Waals surface area contributed by atoms with Gasteiger partial charge >= 0.3 is 0 Å². The van der Waals surface area contributed by atoms with E-state index in [1.165, 1.54) is 16.8 Å². The molecule has 0 aliphatic carbocycles. The fourth-order valence-electron chi connectivity index (χ4n) is 2.63. The Hall–Kier alpha value is -2.47. The molecule has 0 bridgehead atoms. The van der Waals surface area contributed by atoms with Gasteiger partial charge < -0.3 is 10.6 Å². The van der Waals surface area contributed by atoms with E-state index in [1.807, 2.05) is 18.2 Å². The van der Waals surface area contributed by atoms with Gasteiger partial charge in [-0.1, -0.05) is 24.3 Å². The molecule has 0 aromatic heterocycles. The van der Waals surface area contributed by atoms with Crippen molar-refractivity contribution in [2.45, 2.75) is 19.9 Å². The summed E-state index contributed by atoms with van der Waals surface area (Å²) in [5, 5.41) is 15.9. The maximum absolute atomic E-state index is 8.98. The van der Waals surface area contributed by atoms with Gasteiger partial charge in [-0.05, 0) is 42.2 Å². The highest BCUT2D eigenvalue weighted by molar-refractivity contribution is 5.63. The zero-order valence-corrected chi connectivity index (χ0v) is 11.5. The van der Waals surface area contributed by atoms with Gasteiger partial charge in [0.2, 0.25) is 0 Å². The molecular formula is C17H17N3. The van der Waals surface area contributed by atoms with E-state index in [0.717, 1.165) is 30.8 Å². The number of fused-ring (bicyclic) bond motifs is 1. The lowest BCUT2D eigenvalue weighted by atomic mass is 10.1. The van der Waals surface area contributed by atoms with Gasteiger partial charge in [-0.15, -0.1) is 0 Å². The maximum atomic E-state index is 8.98. The topological polar surface area (TPSA) is 47.9 Å². The van der Waals surface area contributed by atoms with Crippen molar-refractivity contribution in [2.75, 3.05) is 17.2 Å². The monoisotopic (exact) mass is 263 g/mol. The number of anilines is 2. The predicted octanol–water partition coefficient (Wildman–Crippen LogP) is 3.45. The van der Waals surface area contributed by atoms with Gasteiger partial charge in [0.15, 0.2) is 0 Å². The summed E-state index contributed by atoms with van der Waals surface area (Å²) in [5.74, 6) is 0. The molecule has 2 aromatic carbocycles. The van der Waals surface area contributed by atoms with Gasteiger partial charge in [0.05, 0.1) is 11.6 Å². The first-order chi connectivity index (χ1) is 9.78. The second kappa shape index (κ2) is 5.26. The first-order valence-electron chi connectivity index (χ1n) is 6.87. The van der Waals surface area contributed by atoms with Gasteiger partial charge in [-0.2, -0.15) is 5.26 Å². The lowest BCUT2D eigenvalue weighted by Gasteiger charge is -2.13. The Morgan fingerprint density at radius 1 is 1.30 bits per heavy atom. The Balaban J connectivity index is 1.81. The number of nitrogens with one attached hydrogen (secondary N) is 2. The van der Waals surface area contributed by atoms with Crippen molar-refractivity contribution in [3.05, 3.63) is 58.7 Å². The highest BCUT2D eigenvalue weighted by atomic mass is 14.9. The minimum Gasteiger partial charge on any atom is -0.384 e. The Morgan fingerprint density at radius 3 is 3.05 bits per heavy atom. The van der Waals surface area contributed by atoms with Crippen molar-refractivity contribution >= 4 is 11.4 Å². The lowest BCUT2D eigenvalue weighted by molar-refractivity contribution is 1.11. The number of nitriles is 1. The molecule has 0 amide bonds. The highest BCUT2D eigenvalue weighted by Crippen LogP contribution is 2.27. The third kappa shape index (κ3) is 2.33. The predicted molar refractivity (Wildman–Crippen MR) is 81.9 cm³/mol. The highest BCUT2D eigenvalue weighted by Gasteiger charge is 2.13. The zero-order chi connectivity index (χ0) is 13.9. The van der Waals surface area contributed by atoms with Crippen molar-refractivity contribution in [2.24, 2.45) is 0 Å². The number of rotatable bonds is 3. The second-order valence-corrected chi connectivity index (χ2v) is 5.12. The van der Waals surface area contributed by atoms with Crippen LogP contribution in [0.15, 0.2) is 36.4 Å². The Morgan fingerprint density at radius 2 is 2.20 bits per heavy atom. The zero-order valence-electron chi connectivity index (χ0n) is 11.5. The van der Waals surface area contributed by atoms with E-state index in [2.05, 4.69) is 41.8 Å². The summed E-state index contributed by atoms with van der Waals surface area (Å²) < 4.78 is 0. The molecule has 2 N–H and O–H groups in total. The van der Waals surface area contributed by atoms with E-state index < -0.39 is 0 Å². The quantitative estimate of drug-likeness (QED) is 0.891. The standard InChI is InChI=1S/C17H17N3/c1-12-5-6-13(10-18)9-16(12)20-11-15-4-2-3-14-7-8-19-17(14)15/h2-6,9,19-20H,7-8,11H2,1H3. The Kier molecular flexibility index (Phi) is 3.30. The average Bonchev–Trinajstić information content (AvgIpc) is 2.95. The van der Waals surface area contributed by atoms with Crippen LogP contribution in [0, 0.1) is 18.3 Å². The van der Waals surface area contributed by atoms with Crippen LogP contribution in [0.2, 0.25) is 0 Å². The van der Waals surface area contributed by atoms with Crippen LogP contribution in [0.25, 0.3) is 0 Å². The number of benzene rings is 2. The SMILES string of the molecule is Cc1ccc(C#N)cc1NCc1cccc2c1NCC2. The molecule has 0 saturated heterocycles. The summed E-state index contributed by atoms with van der Waals surface area (Å²) in [7, 11) is 0. The van der Waals surface area contributed by atoms with Crippen LogP contribution in [-0.4, -0.2) is 6.54 Å². The molecule has 1 heterocycles. The van der Waals surface area contributed by atoms with Gasteiger partial charge in [-0.3, -0.25) is 0 Å². The van der Waals surface area contributed by atoms with Crippen LogP contribution < -0.4 is 10.6 Å². The van der Waals surface area contributed by atoms with Gasteiger partial charge in [0, 0.05) is 24.5 Å². The Bertz CT molecular complexity index is 681. The molecule has 3 heteroatoms. The molecule has 2 aromatic rings. The minimum atomic E-state index is 0.689. The van der Waals surface area contributed by atoms with Crippen LogP contribution in [0.1, 0.15) is 22.3 Å². The lowest BCUT2D eigenvalue weighted by Crippen LogP contribution is -2.04. The average molecular weight is 263 g/mol. The molecule has 3 nitrogen and oxygen atoms in total. The summed E-state index contributed by atoms with van der Waals surface area (Å²) >= 11 is 0. The van der Waals surface area contributed by atoms with Crippen LogP contribution >= 0.6 is 0 Å². The van der Waals surface area contributed by atoms with Gasteiger partial charge in [0.1, 0.15) is 0 Å². The summed E-state index contributed by atoms with van der Waals surface area (Å²) in [5.41, 5.74) is 6.82. The largest absolute Gasteiger partial charge is 0.384 e.